The molecule has 4 heteroatoms. The summed E-state index contributed by atoms with van der Waals surface area (Å²) in [6, 6.07) is 0. The second-order valence-corrected chi connectivity index (χ2v) is 6.25. The molecule has 0 amide bonds. The molecule has 2 N–H and O–H groups in total. The van der Waals surface area contributed by atoms with Crippen LogP contribution in [0.5, 0.6) is 0 Å². The zero-order valence-corrected chi connectivity index (χ0v) is 12.5. The van der Waals surface area contributed by atoms with Crippen molar-refractivity contribution in [2.45, 2.75) is 57.5 Å². The third kappa shape index (κ3) is 2.22. The van der Waals surface area contributed by atoms with Crippen molar-refractivity contribution in [1.82, 2.24) is 4.98 Å². The normalized spacial score (nSPS) is 21.3. The largest absolute Gasteiger partial charge is 0.368 e. The molecule has 0 saturated heterocycles. The molecule has 0 aromatic carbocycles. The Kier molecular flexibility index (Phi) is 4.09. The van der Waals surface area contributed by atoms with E-state index in [0.29, 0.717) is 6.54 Å². The quantitative estimate of drug-likeness (QED) is 0.862. The van der Waals surface area contributed by atoms with Gasteiger partial charge in [-0.2, -0.15) is 0 Å². The zero-order valence-electron chi connectivity index (χ0n) is 11.7. The van der Waals surface area contributed by atoms with E-state index in [0.717, 1.165) is 18.0 Å². The van der Waals surface area contributed by atoms with Crippen LogP contribution in [0.3, 0.4) is 0 Å². The van der Waals surface area contributed by atoms with Crippen LogP contribution in [0, 0.1) is 0 Å². The standard InChI is InChI=1S/C14H24N2OS/c1-4-13(3,17-5-2)12-16-11(9-18-12)14(10-15)7-6-8-14/h9H,4-8,10,15H2,1-3H3. The average Bonchev–Trinajstić information content (AvgIpc) is 2.79. The molecule has 1 atom stereocenters. The third-order valence-corrected chi connectivity index (χ3v) is 5.43. The number of rotatable bonds is 6. The maximum Gasteiger partial charge on any atom is 0.125 e. The van der Waals surface area contributed by atoms with Crippen LogP contribution in [0.4, 0.5) is 0 Å². The zero-order chi connectivity index (χ0) is 13.2. The van der Waals surface area contributed by atoms with Gasteiger partial charge in [0.05, 0.1) is 5.69 Å². The minimum atomic E-state index is -0.239. The number of hydrogen-bond donors (Lipinski definition) is 1. The molecule has 3 nitrogen and oxygen atoms in total. The van der Waals surface area contributed by atoms with Crippen molar-refractivity contribution in [1.29, 1.82) is 0 Å². The molecular weight excluding hydrogens is 244 g/mol. The second-order valence-electron chi connectivity index (χ2n) is 5.39. The maximum atomic E-state index is 5.94. The van der Waals surface area contributed by atoms with Gasteiger partial charge in [-0.05, 0) is 33.1 Å². The summed E-state index contributed by atoms with van der Waals surface area (Å²) < 4.78 is 5.89. The smallest absolute Gasteiger partial charge is 0.125 e. The summed E-state index contributed by atoms with van der Waals surface area (Å²) in [7, 11) is 0. The molecule has 1 unspecified atom stereocenters. The van der Waals surface area contributed by atoms with Gasteiger partial charge in [0.1, 0.15) is 10.6 Å². The third-order valence-electron chi connectivity index (χ3n) is 4.34. The Balaban J connectivity index is 2.24. The van der Waals surface area contributed by atoms with Gasteiger partial charge in [-0.15, -0.1) is 11.3 Å². The van der Waals surface area contributed by atoms with Gasteiger partial charge in [0.15, 0.2) is 0 Å². The number of aromatic nitrogens is 1. The average molecular weight is 268 g/mol. The van der Waals surface area contributed by atoms with Crippen molar-refractivity contribution >= 4 is 11.3 Å². The van der Waals surface area contributed by atoms with E-state index in [4.69, 9.17) is 15.5 Å². The Morgan fingerprint density at radius 1 is 1.50 bits per heavy atom. The minimum Gasteiger partial charge on any atom is -0.368 e. The predicted octanol–water partition coefficient (Wildman–Crippen LogP) is 3.19. The highest BCUT2D eigenvalue weighted by atomic mass is 32.1. The van der Waals surface area contributed by atoms with Crippen molar-refractivity contribution in [3.63, 3.8) is 0 Å². The van der Waals surface area contributed by atoms with E-state index in [1.165, 1.54) is 25.0 Å². The van der Waals surface area contributed by atoms with E-state index in [2.05, 4.69) is 19.2 Å². The topological polar surface area (TPSA) is 48.1 Å². The molecule has 0 aliphatic heterocycles. The molecule has 1 aliphatic carbocycles. The Morgan fingerprint density at radius 3 is 2.67 bits per heavy atom. The van der Waals surface area contributed by atoms with Gasteiger partial charge in [-0.3, -0.25) is 0 Å². The summed E-state index contributed by atoms with van der Waals surface area (Å²) in [6.07, 6.45) is 4.60. The van der Waals surface area contributed by atoms with Gasteiger partial charge in [0, 0.05) is 23.9 Å². The van der Waals surface area contributed by atoms with Crippen LogP contribution < -0.4 is 5.73 Å². The van der Waals surface area contributed by atoms with Gasteiger partial charge in [0.2, 0.25) is 0 Å². The number of thiazole rings is 1. The molecule has 1 saturated carbocycles. The SMILES string of the molecule is CCOC(C)(CC)c1nc(C2(CN)CCC2)cs1. The van der Waals surface area contributed by atoms with Crippen LogP contribution in [0.15, 0.2) is 5.38 Å². The first-order chi connectivity index (χ1) is 8.60. The number of nitrogens with zero attached hydrogens (tertiary/aromatic N) is 1. The molecule has 102 valence electrons. The van der Waals surface area contributed by atoms with Crippen molar-refractivity contribution < 1.29 is 4.74 Å². The van der Waals surface area contributed by atoms with E-state index in [9.17, 15) is 0 Å². The van der Waals surface area contributed by atoms with Crippen LogP contribution in [-0.2, 0) is 15.8 Å². The van der Waals surface area contributed by atoms with Gasteiger partial charge >= 0.3 is 0 Å². The molecule has 0 bridgehead atoms. The fourth-order valence-corrected chi connectivity index (χ4v) is 3.69. The molecule has 0 spiro atoms. The Labute approximate surface area is 114 Å². The van der Waals surface area contributed by atoms with E-state index < -0.39 is 0 Å². The van der Waals surface area contributed by atoms with E-state index in [1.807, 2.05) is 6.92 Å². The molecule has 1 fully saturated rings. The van der Waals surface area contributed by atoms with Crippen molar-refractivity contribution in [2.24, 2.45) is 5.73 Å². The van der Waals surface area contributed by atoms with Crippen LogP contribution in [-0.4, -0.2) is 18.1 Å². The Morgan fingerprint density at radius 2 is 2.22 bits per heavy atom. The lowest BCUT2D eigenvalue weighted by Gasteiger charge is -2.39. The number of ether oxygens (including phenoxy) is 1. The Hall–Kier alpha value is -0.450. The van der Waals surface area contributed by atoms with Crippen molar-refractivity contribution in [2.75, 3.05) is 13.2 Å². The highest BCUT2D eigenvalue weighted by Crippen LogP contribution is 2.44. The van der Waals surface area contributed by atoms with E-state index >= 15 is 0 Å². The minimum absolute atomic E-state index is 0.162. The highest BCUT2D eigenvalue weighted by molar-refractivity contribution is 7.09. The van der Waals surface area contributed by atoms with Gasteiger partial charge in [-0.25, -0.2) is 4.98 Å². The molecule has 1 aromatic rings. The summed E-state index contributed by atoms with van der Waals surface area (Å²) in [6.45, 7) is 7.76. The summed E-state index contributed by atoms with van der Waals surface area (Å²) in [4.78, 5) is 4.85. The van der Waals surface area contributed by atoms with Crippen LogP contribution in [0.25, 0.3) is 0 Å². The molecule has 1 aliphatic rings. The summed E-state index contributed by atoms with van der Waals surface area (Å²) in [5.41, 5.74) is 7.06. The Bertz CT molecular complexity index is 395. The van der Waals surface area contributed by atoms with E-state index in [1.54, 1.807) is 11.3 Å². The maximum absolute atomic E-state index is 5.94. The highest BCUT2D eigenvalue weighted by Gasteiger charge is 2.40. The first-order valence-corrected chi connectivity index (χ1v) is 7.78. The molecule has 18 heavy (non-hydrogen) atoms. The molecule has 0 radical (unpaired) electrons. The molecule has 1 heterocycles. The van der Waals surface area contributed by atoms with Crippen molar-refractivity contribution in [3.05, 3.63) is 16.1 Å². The van der Waals surface area contributed by atoms with Crippen molar-refractivity contribution in [3.8, 4) is 0 Å². The number of hydrogen-bond acceptors (Lipinski definition) is 4. The van der Waals surface area contributed by atoms with Crippen LogP contribution in [0.1, 0.15) is 57.2 Å². The van der Waals surface area contributed by atoms with Gasteiger partial charge in [0.25, 0.3) is 0 Å². The first-order valence-electron chi connectivity index (χ1n) is 6.91. The lowest BCUT2D eigenvalue weighted by molar-refractivity contribution is -0.0327. The first kappa shape index (κ1) is 14.0. The monoisotopic (exact) mass is 268 g/mol. The van der Waals surface area contributed by atoms with Gasteiger partial charge < -0.3 is 10.5 Å². The second kappa shape index (κ2) is 5.27. The molecule has 1 aromatic heterocycles. The fraction of sp³-hybridized carbons (Fsp3) is 0.786. The predicted molar refractivity (Wildman–Crippen MR) is 76.0 cm³/mol. The summed E-state index contributed by atoms with van der Waals surface area (Å²) in [5, 5.41) is 3.29. The summed E-state index contributed by atoms with van der Waals surface area (Å²) in [5.74, 6) is 0. The lowest BCUT2D eigenvalue weighted by atomic mass is 9.67. The summed E-state index contributed by atoms with van der Waals surface area (Å²) >= 11 is 1.72. The van der Waals surface area contributed by atoms with E-state index in [-0.39, 0.29) is 11.0 Å². The lowest BCUT2D eigenvalue weighted by Crippen LogP contribution is -2.42. The van der Waals surface area contributed by atoms with Crippen LogP contribution in [0.2, 0.25) is 0 Å². The fourth-order valence-electron chi connectivity index (χ4n) is 2.56. The number of nitrogens with two attached hydrogens (primary N) is 1. The molecular formula is C14H24N2OS. The van der Waals surface area contributed by atoms with Gasteiger partial charge in [-0.1, -0.05) is 13.3 Å². The van der Waals surface area contributed by atoms with Crippen LogP contribution >= 0.6 is 11.3 Å². The molecule has 2 rings (SSSR count).